The summed E-state index contributed by atoms with van der Waals surface area (Å²) in [4.78, 5) is 15.8. The summed E-state index contributed by atoms with van der Waals surface area (Å²) in [6.45, 7) is 0. The molecule has 18 heavy (non-hydrogen) atoms. The van der Waals surface area contributed by atoms with Gasteiger partial charge in [0, 0.05) is 13.2 Å². The molecule has 2 rings (SSSR count). The van der Waals surface area contributed by atoms with E-state index in [1.807, 2.05) is 7.05 Å². The first-order valence-electron chi connectivity index (χ1n) is 5.13. The number of nitrogens with zero attached hydrogens (tertiary/aromatic N) is 2. The van der Waals surface area contributed by atoms with Gasteiger partial charge >= 0.3 is 0 Å². The SMILES string of the molecule is C#CC1NN(C)C(NC(=O)c2ccc(Cl)nc2)S1. The van der Waals surface area contributed by atoms with Crippen LogP contribution in [0.3, 0.4) is 0 Å². The average Bonchev–Trinajstić information content (AvgIpc) is 2.71. The molecule has 2 N–H and O–H groups in total. The van der Waals surface area contributed by atoms with Crippen molar-refractivity contribution >= 4 is 29.3 Å². The van der Waals surface area contributed by atoms with Crippen molar-refractivity contribution in [2.75, 3.05) is 7.05 Å². The van der Waals surface area contributed by atoms with Gasteiger partial charge in [-0.05, 0) is 12.1 Å². The Labute approximate surface area is 114 Å². The Kier molecular flexibility index (Phi) is 4.09. The molecule has 1 aliphatic rings. The Morgan fingerprint density at radius 3 is 3.06 bits per heavy atom. The third-order valence-corrected chi connectivity index (χ3v) is 3.76. The van der Waals surface area contributed by atoms with Crippen LogP contribution in [0.4, 0.5) is 0 Å². The summed E-state index contributed by atoms with van der Waals surface area (Å²) in [6.07, 6.45) is 6.75. The number of hydrogen-bond donors (Lipinski definition) is 2. The fourth-order valence-electron chi connectivity index (χ4n) is 1.42. The molecule has 5 nitrogen and oxygen atoms in total. The summed E-state index contributed by atoms with van der Waals surface area (Å²) >= 11 is 7.11. The molecule has 0 spiro atoms. The first-order valence-corrected chi connectivity index (χ1v) is 6.45. The molecule has 7 heteroatoms. The normalized spacial score (nSPS) is 23.6. The van der Waals surface area contributed by atoms with E-state index in [0.29, 0.717) is 10.7 Å². The van der Waals surface area contributed by atoms with Gasteiger partial charge in [0.15, 0.2) is 0 Å². The number of hydrazine groups is 1. The summed E-state index contributed by atoms with van der Waals surface area (Å²) in [5.41, 5.74) is 3.27. The summed E-state index contributed by atoms with van der Waals surface area (Å²) in [5.74, 6) is 2.35. The number of amides is 1. The second-order valence-corrected chi connectivity index (χ2v) is 5.20. The minimum atomic E-state index is -0.219. The number of halogens is 1. The van der Waals surface area contributed by atoms with E-state index >= 15 is 0 Å². The second kappa shape index (κ2) is 5.59. The molecule has 1 amide bonds. The van der Waals surface area contributed by atoms with Gasteiger partial charge in [-0.1, -0.05) is 29.3 Å². The van der Waals surface area contributed by atoms with Crippen LogP contribution >= 0.6 is 23.4 Å². The van der Waals surface area contributed by atoms with E-state index < -0.39 is 0 Å². The number of aromatic nitrogens is 1. The van der Waals surface area contributed by atoms with Gasteiger partial charge in [0.05, 0.1) is 5.56 Å². The predicted octanol–water partition coefficient (Wildman–Crippen LogP) is 0.891. The van der Waals surface area contributed by atoms with Gasteiger partial charge in [0.2, 0.25) is 0 Å². The van der Waals surface area contributed by atoms with Gasteiger partial charge in [-0.15, -0.1) is 6.42 Å². The van der Waals surface area contributed by atoms with Crippen molar-refractivity contribution in [2.45, 2.75) is 10.9 Å². The number of terminal acetylenes is 1. The van der Waals surface area contributed by atoms with Crippen molar-refractivity contribution in [3.8, 4) is 12.3 Å². The molecular formula is C11H11ClN4OS. The molecule has 1 fully saturated rings. The second-order valence-electron chi connectivity index (χ2n) is 3.62. The van der Waals surface area contributed by atoms with E-state index in [1.54, 1.807) is 17.1 Å². The number of carbonyl (C=O) groups excluding carboxylic acids is 1. The monoisotopic (exact) mass is 282 g/mol. The summed E-state index contributed by atoms with van der Waals surface area (Å²) < 4.78 is 0. The van der Waals surface area contributed by atoms with E-state index in [-0.39, 0.29) is 16.8 Å². The Morgan fingerprint density at radius 2 is 2.50 bits per heavy atom. The van der Waals surface area contributed by atoms with Crippen LogP contribution in [0.2, 0.25) is 5.15 Å². The van der Waals surface area contributed by atoms with Crippen molar-refractivity contribution < 1.29 is 4.79 Å². The number of carbonyl (C=O) groups is 1. The molecule has 0 saturated carbocycles. The standard InChI is InChI=1S/C11H11ClN4OS/c1-3-9-15-16(2)11(18-9)14-10(17)7-4-5-8(12)13-6-7/h1,4-6,9,11,15H,2H3,(H,14,17). The highest BCUT2D eigenvalue weighted by molar-refractivity contribution is 8.00. The van der Waals surface area contributed by atoms with Gasteiger partial charge in [0.1, 0.15) is 16.0 Å². The number of hydrogen-bond acceptors (Lipinski definition) is 5. The smallest absolute Gasteiger partial charge is 0.254 e. The van der Waals surface area contributed by atoms with Crippen LogP contribution in [0.15, 0.2) is 18.3 Å². The van der Waals surface area contributed by atoms with Crippen molar-refractivity contribution in [2.24, 2.45) is 0 Å². The molecule has 1 aromatic rings. The molecule has 1 aliphatic heterocycles. The van der Waals surface area contributed by atoms with Crippen molar-refractivity contribution in [1.82, 2.24) is 20.7 Å². The topological polar surface area (TPSA) is 57.3 Å². The lowest BCUT2D eigenvalue weighted by atomic mass is 10.3. The quantitative estimate of drug-likeness (QED) is 0.623. The molecule has 2 atom stereocenters. The maximum Gasteiger partial charge on any atom is 0.254 e. The summed E-state index contributed by atoms with van der Waals surface area (Å²) in [5, 5.41) is 4.82. The van der Waals surface area contributed by atoms with Crippen molar-refractivity contribution in [1.29, 1.82) is 0 Å². The van der Waals surface area contributed by atoms with Gasteiger partial charge in [-0.2, -0.15) is 0 Å². The highest BCUT2D eigenvalue weighted by atomic mass is 35.5. The number of thioether (sulfide) groups is 1. The molecular weight excluding hydrogens is 272 g/mol. The fourth-order valence-corrected chi connectivity index (χ4v) is 2.51. The van der Waals surface area contributed by atoms with E-state index in [9.17, 15) is 4.79 Å². The van der Waals surface area contributed by atoms with E-state index in [1.165, 1.54) is 18.0 Å². The van der Waals surface area contributed by atoms with Crippen LogP contribution in [0, 0.1) is 12.3 Å². The minimum Gasteiger partial charge on any atom is -0.326 e. The van der Waals surface area contributed by atoms with E-state index in [0.717, 1.165) is 0 Å². The Balaban J connectivity index is 2.00. The maximum atomic E-state index is 11.9. The van der Waals surface area contributed by atoms with Gasteiger partial charge in [0.25, 0.3) is 5.91 Å². The molecule has 1 aromatic heterocycles. The minimum absolute atomic E-state index is 0.136. The van der Waals surface area contributed by atoms with Crippen LogP contribution in [0.25, 0.3) is 0 Å². The molecule has 2 heterocycles. The first kappa shape index (κ1) is 13.2. The van der Waals surface area contributed by atoms with Crippen LogP contribution in [0.5, 0.6) is 0 Å². The lowest BCUT2D eigenvalue weighted by Gasteiger charge is -2.18. The van der Waals surface area contributed by atoms with Crippen LogP contribution < -0.4 is 10.7 Å². The lowest BCUT2D eigenvalue weighted by molar-refractivity contribution is 0.0906. The number of nitrogens with one attached hydrogen (secondary N) is 2. The van der Waals surface area contributed by atoms with Gasteiger partial charge < -0.3 is 5.32 Å². The zero-order valence-electron chi connectivity index (χ0n) is 9.55. The van der Waals surface area contributed by atoms with Gasteiger partial charge in [-0.3, -0.25) is 4.79 Å². The fraction of sp³-hybridized carbons (Fsp3) is 0.273. The highest BCUT2D eigenvalue weighted by Gasteiger charge is 2.29. The summed E-state index contributed by atoms with van der Waals surface area (Å²) in [6, 6.07) is 3.20. The molecule has 0 aliphatic carbocycles. The van der Waals surface area contributed by atoms with E-state index in [2.05, 4.69) is 21.6 Å². The number of pyridine rings is 1. The largest absolute Gasteiger partial charge is 0.326 e. The maximum absolute atomic E-state index is 11.9. The third-order valence-electron chi connectivity index (χ3n) is 2.33. The Hall–Kier alpha value is -1.26. The van der Waals surface area contributed by atoms with Crippen LogP contribution in [-0.2, 0) is 0 Å². The third kappa shape index (κ3) is 2.94. The van der Waals surface area contributed by atoms with Crippen molar-refractivity contribution in [3.63, 3.8) is 0 Å². The Morgan fingerprint density at radius 1 is 1.72 bits per heavy atom. The summed E-state index contributed by atoms with van der Waals surface area (Å²) in [7, 11) is 1.81. The molecule has 2 unspecified atom stereocenters. The molecule has 1 saturated heterocycles. The van der Waals surface area contributed by atoms with Gasteiger partial charge in [-0.25, -0.2) is 15.4 Å². The zero-order valence-corrected chi connectivity index (χ0v) is 11.1. The predicted molar refractivity (Wildman–Crippen MR) is 71.6 cm³/mol. The average molecular weight is 283 g/mol. The zero-order chi connectivity index (χ0) is 13.1. The van der Waals surface area contributed by atoms with Crippen molar-refractivity contribution in [3.05, 3.63) is 29.0 Å². The van der Waals surface area contributed by atoms with Crippen LogP contribution in [0.1, 0.15) is 10.4 Å². The molecule has 0 radical (unpaired) electrons. The van der Waals surface area contributed by atoms with Crippen LogP contribution in [-0.4, -0.2) is 33.8 Å². The molecule has 94 valence electrons. The highest BCUT2D eigenvalue weighted by Crippen LogP contribution is 2.22. The molecule has 0 aromatic carbocycles. The first-order chi connectivity index (χ1) is 8.60. The Bertz CT molecular complexity index is 487. The lowest BCUT2D eigenvalue weighted by Crippen LogP contribution is -2.44. The number of rotatable bonds is 2. The molecule has 0 bridgehead atoms. The van der Waals surface area contributed by atoms with E-state index in [4.69, 9.17) is 18.0 Å².